The Morgan fingerprint density at radius 3 is 2.93 bits per heavy atom. The molecule has 1 aliphatic heterocycles. The summed E-state index contributed by atoms with van der Waals surface area (Å²) in [6.07, 6.45) is 9.35. The fourth-order valence-corrected chi connectivity index (χ4v) is 4.69. The molecule has 2 aliphatic rings. The summed E-state index contributed by atoms with van der Waals surface area (Å²) in [5.41, 5.74) is 9.44. The van der Waals surface area contributed by atoms with Crippen molar-refractivity contribution in [3.05, 3.63) is 65.7 Å². The van der Waals surface area contributed by atoms with Crippen LogP contribution >= 0.6 is 0 Å². The van der Waals surface area contributed by atoms with Crippen molar-refractivity contribution in [3.8, 4) is 5.69 Å². The number of nitrogens with zero attached hydrogens (tertiary/aromatic N) is 5. The molecule has 1 unspecified atom stereocenters. The lowest BCUT2D eigenvalue weighted by Gasteiger charge is -2.40. The standard InChI is InChI=1S/C21H22N6O/c22-20-23-13-15-7-9-21(18(15)25-20)8-3-11-26(14-21)19(28)16-5-1-2-6-17(16)27-12-4-10-24-27/h1-2,4-6,10,12-13H,3,7-9,11,14H2,(H2,22,23,25). The number of nitrogens with two attached hydrogens (primary N) is 1. The van der Waals surface area contributed by atoms with Crippen molar-refractivity contribution in [1.82, 2.24) is 24.6 Å². The number of piperidine rings is 1. The number of fused-ring (bicyclic) bond motifs is 2. The molecule has 1 saturated heterocycles. The predicted octanol–water partition coefficient (Wildman–Crippen LogP) is 2.36. The van der Waals surface area contributed by atoms with Gasteiger partial charge in [-0.3, -0.25) is 4.79 Å². The van der Waals surface area contributed by atoms with Gasteiger partial charge in [-0.25, -0.2) is 14.6 Å². The molecule has 0 radical (unpaired) electrons. The topological polar surface area (TPSA) is 89.9 Å². The van der Waals surface area contributed by atoms with E-state index in [1.165, 1.54) is 5.56 Å². The first-order chi connectivity index (χ1) is 13.7. The molecule has 1 amide bonds. The molecule has 1 aromatic carbocycles. The van der Waals surface area contributed by atoms with Crippen LogP contribution in [0, 0.1) is 0 Å². The maximum atomic E-state index is 13.5. The quantitative estimate of drug-likeness (QED) is 0.744. The van der Waals surface area contributed by atoms with Crippen LogP contribution in [0.2, 0.25) is 0 Å². The van der Waals surface area contributed by atoms with Crippen LogP contribution in [-0.4, -0.2) is 43.6 Å². The smallest absolute Gasteiger partial charge is 0.256 e. The van der Waals surface area contributed by atoms with Crippen molar-refractivity contribution < 1.29 is 4.79 Å². The van der Waals surface area contributed by atoms with E-state index in [2.05, 4.69) is 15.1 Å². The Labute approximate surface area is 163 Å². The molecule has 1 atom stereocenters. The molecule has 28 heavy (non-hydrogen) atoms. The van der Waals surface area contributed by atoms with Gasteiger partial charge >= 0.3 is 0 Å². The van der Waals surface area contributed by atoms with E-state index >= 15 is 0 Å². The number of carbonyl (C=O) groups excluding carboxylic acids is 1. The number of rotatable bonds is 2. The van der Waals surface area contributed by atoms with E-state index in [0.29, 0.717) is 18.1 Å². The summed E-state index contributed by atoms with van der Waals surface area (Å²) < 4.78 is 1.74. The molecule has 0 bridgehead atoms. The molecular formula is C21H22N6O. The van der Waals surface area contributed by atoms with E-state index in [9.17, 15) is 4.79 Å². The van der Waals surface area contributed by atoms with Crippen LogP contribution in [-0.2, 0) is 11.8 Å². The Bertz CT molecular complexity index is 1030. The lowest BCUT2D eigenvalue weighted by atomic mass is 9.77. The number of para-hydroxylation sites is 1. The zero-order valence-electron chi connectivity index (χ0n) is 15.6. The number of hydrogen-bond donors (Lipinski definition) is 1. The van der Waals surface area contributed by atoms with Crippen LogP contribution in [0.25, 0.3) is 5.69 Å². The monoisotopic (exact) mass is 374 g/mol. The van der Waals surface area contributed by atoms with E-state index in [-0.39, 0.29) is 11.3 Å². The van der Waals surface area contributed by atoms with Crippen LogP contribution in [0.3, 0.4) is 0 Å². The number of aryl methyl sites for hydroxylation is 1. The number of likely N-dealkylation sites (tertiary alicyclic amines) is 1. The Balaban J connectivity index is 1.48. The van der Waals surface area contributed by atoms with Gasteiger partial charge in [0.05, 0.1) is 16.9 Å². The molecule has 3 heterocycles. The summed E-state index contributed by atoms with van der Waals surface area (Å²) in [4.78, 5) is 24.2. The minimum Gasteiger partial charge on any atom is -0.368 e. The fraction of sp³-hybridized carbons (Fsp3) is 0.333. The van der Waals surface area contributed by atoms with Crippen molar-refractivity contribution in [2.75, 3.05) is 18.8 Å². The molecule has 1 aliphatic carbocycles. The summed E-state index contributed by atoms with van der Waals surface area (Å²) in [5.74, 6) is 0.355. The summed E-state index contributed by atoms with van der Waals surface area (Å²) >= 11 is 0. The number of benzene rings is 1. The zero-order chi connectivity index (χ0) is 19.1. The average molecular weight is 374 g/mol. The Morgan fingerprint density at radius 2 is 2.07 bits per heavy atom. The minimum atomic E-state index is -0.110. The Kier molecular flexibility index (Phi) is 3.89. The van der Waals surface area contributed by atoms with Crippen LogP contribution < -0.4 is 5.73 Å². The average Bonchev–Trinajstić information content (AvgIpc) is 3.37. The van der Waals surface area contributed by atoms with Gasteiger partial charge in [0, 0.05) is 37.1 Å². The van der Waals surface area contributed by atoms with E-state index in [1.807, 2.05) is 47.6 Å². The second-order valence-corrected chi connectivity index (χ2v) is 7.68. The predicted molar refractivity (Wildman–Crippen MR) is 105 cm³/mol. The number of amides is 1. The molecule has 1 spiro atoms. The Morgan fingerprint density at radius 1 is 1.18 bits per heavy atom. The molecule has 5 rings (SSSR count). The largest absolute Gasteiger partial charge is 0.368 e. The molecule has 7 heteroatoms. The van der Waals surface area contributed by atoms with E-state index in [1.54, 1.807) is 10.9 Å². The van der Waals surface area contributed by atoms with Gasteiger partial charge in [0.15, 0.2) is 0 Å². The zero-order valence-corrected chi connectivity index (χ0v) is 15.6. The number of hydrogen-bond acceptors (Lipinski definition) is 5. The van der Waals surface area contributed by atoms with Crippen LogP contribution in [0.15, 0.2) is 48.9 Å². The first-order valence-corrected chi connectivity index (χ1v) is 9.66. The van der Waals surface area contributed by atoms with Gasteiger partial charge in [0.25, 0.3) is 5.91 Å². The van der Waals surface area contributed by atoms with Gasteiger partial charge in [0.2, 0.25) is 5.95 Å². The van der Waals surface area contributed by atoms with Gasteiger partial charge in [-0.1, -0.05) is 12.1 Å². The van der Waals surface area contributed by atoms with Gasteiger partial charge in [-0.05, 0) is 49.4 Å². The lowest BCUT2D eigenvalue weighted by Crippen LogP contribution is -2.48. The number of nitrogen functional groups attached to an aromatic ring is 1. The van der Waals surface area contributed by atoms with Gasteiger partial charge in [-0.2, -0.15) is 5.10 Å². The second kappa shape index (κ2) is 6.44. The van der Waals surface area contributed by atoms with Crippen molar-refractivity contribution in [2.45, 2.75) is 31.1 Å². The molecular weight excluding hydrogens is 352 g/mol. The Hall–Kier alpha value is -3.22. The third-order valence-corrected chi connectivity index (χ3v) is 6.01. The van der Waals surface area contributed by atoms with Crippen LogP contribution in [0.5, 0.6) is 0 Å². The van der Waals surface area contributed by atoms with Crippen LogP contribution in [0.1, 0.15) is 40.9 Å². The molecule has 0 saturated carbocycles. The lowest BCUT2D eigenvalue weighted by molar-refractivity contribution is 0.0633. The first-order valence-electron chi connectivity index (χ1n) is 9.66. The normalized spacial score (nSPS) is 21.1. The maximum absolute atomic E-state index is 13.5. The number of aromatic nitrogens is 4. The third kappa shape index (κ3) is 2.66. The number of anilines is 1. The highest BCUT2D eigenvalue weighted by atomic mass is 16.2. The molecule has 3 aromatic rings. The van der Waals surface area contributed by atoms with Crippen molar-refractivity contribution in [1.29, 1.82) is 0 Å². The highest BCUT2D eigenvalue weighted by Crippen LogP contribution is 2.44. The number of carbonyl (C=O) groups is 1. The molecule has 7 nitrogen and oxygen atoms in total. The summed E-state index contributed by atoms with van der Waals surface area (Å²) in [7, 11) is 0. The van der Waals surface area contributed by atoms with E-state index in [4.69, 9.17) is 5.73 Å². The summed E-state index contributed by atoms with van der Waals surface area (Å²) in [5, 5.41) is 4.30. The summed E-state index contributed by atoms with van der Waals surface area (Å²) in [6.45, 7) is 1.42. The van der Waals surface area contributed by atoms with Crippen LogP contribution in [0.4, 0.5) is 5.95 Å². The molecule has 1 fully saturated rings. The third-order valence-electron chi connectivity index (χ3n) is 6.01. The second-order valence-electron chi connectivity index (χ2n) is 7.68. The van der Waals surface area contributed by atoms with E-state index < -0.39 is 0 Å². The first kappa shape index (κ1) is 16.9. The van der Waals surface area contributed by atoms with Crippen molar-refractivity contribution in [3.63, 3.8) is 0 Å². The molecule has 2 N–H and O–H groups in total. The molecule has 142 valence electrons. The van der Waals surface area contributed by atoms with E-state index in [0.717, 1.165) is 43.6 Å². The van der Waals surface area contributed by atoms with Crippen molar-refractivity contribution in [2.24, 2.45) is 0 Å². The highest BCUT2D eigenvalue weighted by molar-refractivity contribution is 5.98. The summed E-state index contributed by atoms with van der Waals surface area (Å²) in [6, 6.07) is 9.50. The SMILES string of the molecule is Nc1ncc2c(n1)C1(CCCN(C(=O)c3ccccc3-n3cccn3)C1)CC2. The maximum Gasteiger partial charge on any atom is 0.256 e. The minimum absolute atomic E-state index is 0.0423. The molecule has 2 aromatic heterocycles. The van der Waals surface area contributed by atoms with Gasteiger partial charge < -0.3 is 10.6 Å². The fourth-order valence-electron chi connectivity index (χ4n) is 4.69. The van der Waals surface area contributed by atoms with Crippen molar-refractivity contribution >= 4 is 11.9 Å². The van der Waals surface area contributed by atoms with Gasteiger partial charge in [-0.15, -0.1) is 0 Å². The highest BCUT2D eigenvalue weighted by Gasteiger charge is 2.45. The van der Waals surface area contributed by atoms with Gasteiger partial charge in [0.1, 0.15) is 0 Å².